The second-order valence-corrected chi connectivity index (χ2v) is 2.19. The van der Waals surface area contributed by atoms with Crippen molar-refractivity contribution in [2.24, 2.45) is 0 Å². The van der Waals surface area contributed by atoms with E-state index in [9.17, 15) is 0 Å². The Kier molecular flexibility index (Phi) is 2.78. The molecule has 1 rings (SSSR count). The van der Waals surface area contributed by atoms with Crippen molar-refractivity contribution in [1.82, 2.24) is 0 Å². The zero-order chi connectivity index (χ0) is 8.10. The molecule has 0 aliphatic carbocycles. The fourth-order valence-corrected chi connectivity index (χ4v) is 0.884. The van der Waals surface area contributed by atoms with Crippen LogP contribution >= 0.6 is 0 Å². The molecular weight excluding hydrogens is 140 g/mol. The largest absolute Gasteiger partial charge is 0.490 e. The highest BCUT2D eigenvalue weighted by molar-refractivity contribution is 5.22. The molecule has 0 spiro atoms. The fourth-order valence-electron chi connectivity index (χ4n) is 0.884. The molecule has 0 saturated carbocycles. The molecular formula is C9H12O2. The Morgan fingerprint density at radius 2 is 1.45 bits per heavy atom. The minimum atomic E-state index is 0.692. The van der Waals surface area contributed by atoms with Crippen molar-refractivity contribution in [3.63, 3.8) is 0 Å². The van der Waals surface area contributed by atoms with Crippen molar-refractivity contribution < 1.29 is 9.47 Å². The third-order valence-electron chi connectivity index (χ3n) is 1.42. The van der Waals surface area contributed by atoms with E-state index in [-0.39, 0.29) is 0 Å². The predicted octanol–water partition coefficient (Wildman–Crippen LogP) is 2.01. The minimum Gasteiger partial charge on any atom is -0.490 e. The molecule has 0 unspecified atom stereocenters. The summed E-state index contributed by atoms with van der Waals surface area (Å²) < 4.78 is 10.6. The molecule has 0 aromatic rings. The van der Waals surface area contributed by atoms with Crippen molar-refractivity contribution in [1.29, 1.82) is 0 Å². The number of hydrogen-bond donors (Lipinski definition) is 0. The monoisotopic (exact) mass is 152 g/mol. The van der Waals surface area contributed by atoms with Gasteiger partial charge in [-0.15, -0.1) is 0 Å². The average Bonchev–Trinajstić information content (AvgIpc) is 2.27. The van der Waals surface area contributed by atoms with Gasteiger partial charge in [-0.3, -0.25) is 0 Å². The first-order valence-electron chi connectivity index (χ1n) is 3.63. The molecule has 60 valence electrons. The van der Waals surface area contributed by atoms with E-state index in [0.717, 1.165) is 6.42 Å². The molecule has 0 radical (unpaired) electrons. The Balaban J connectivity index is 2.79. The lowest BCUT2D eigenvalue weighted by Crippen LogP contribution is -1.90. The number of ether oxygens (including phenoxy) is 2. The fraction of sp³-hybridized carbons (Fsp3) is 0.333. The third kappa shape index (κ3) is 1.87. The summed E-state index contributed by atoms with van der Waals surface area (Å²) in [4.78, 5) is 0. The van der Waals surface area contributed by atoms with E-state index < -0.39 is 0 Å². The van der Waals surface area contributed by atoms with Crippen LogP contribution in [0.4, 0.5) is 0 Å². The molecule has 0 atom stereocenters. The number of allylic oxidation sites excluding steroid dienone is 2. The van der Waals surface area contributed by atoms with Crippen LogP contribution in [-0.4, -0.2) is 13.2 Å². The lowest BCUT2D eigenvalue weighted by atomic mass is 10.4. The van der Waals surface area contributed by atoms with E-state index in [2.05, 4.69) is 13.2 Å². The lowest BCUT2D eigenvalue weighted by Gasteiger charge is -2.04. The Hall–Kier alpha value is -1.18. The number of hydrogen-bond acceptors (Lipinski definition) is 2. The maximum Gasteiger partial charge on any atom is 0.160 e. The zero-order valence-corrected chi connectivity index (χ0v) is 6.51. The van der Waals surface area contributed by atoms with E-state index in [0.29, 0.717) is 24.7 Å². The summed E-state index contributed by atoms with van der Waals surface area (Å²) in [6.45, 7) is 8.61. The highest BCUT2D eigenvalue weighted by Crippen LogP contribution is 2.14. The zero-order valence-electron chi connectivity index (χ0n) is 6.51. The molecule has 0 bridgehead atoms. The molecule has 0 aromatic heterocycles. The van der Waals surface area contributed by atoms with Gasteiger partial charge in [0.1, 0.15) is 0 Å². The van der Waals surface area contributed by atoms with Crippen LogP contribution in [0.2, 0.25) is 0 Å². The van der Waals surface area contributed by atoms with Gasteiger partial charge >= 0.3 is 0 Å². The maximum atomic E-state index is 5.32. The van der Waals surface area contributed by atoms with Crippen molar-refractivity contribution in [3.05, 3.63) is 36.8 Å². The maximum absolute atomic E-state index is 5.32. The van der Waals surface area contributed by atoms with E-state index in [1.807, 2.05) is 0 Å². The van der Waals surface area contributed by atoms with Gasteiger partial charge < -0.3 is 9.47 Å². The van der Waals surface area contributed by atoms with Crippen molar-refractivity contribution in [3.8, 4) is 0 Å². The van der Waals surface area contributed by atoms with Gasteiger partial charge in [0, 0.05) is 6.42 Å². The lowest BCUT2D eigenvalue weighted by molar-refractivity contribution is 0.214. The summed E-state index contributed by atoms with van der Waals surface area (Å²) in [6, 6.07) is 0. The Morgan fingerprint density at radius 1 is 1.00 bits per heavy atom. The molecule has 0 amide bonds. The first-order chi connectivity index (χ1) is 5.38. The normalized spacial score (nSPS) is 17.8. The highest BCUT2D eigenvalue weighted by Gasteiger charge is 2.06. The van der Waals surface area contributed by atoms with Crippen LogP contribution in [-0.2, 0) is 9.47 Å². The van der Waals surface area contributed by atoms with Crippen LogP contribution < -0.4 is 0 Å². The Labute approximate surface area is 66.8 Å². The molecule has 1 aliphatic heterocycles. The van der Waals surface area contributed by atoms with Crippen LogP contribution in [0.5, 0.6) is 0 Å². The van der Waals surface area contributed by atoms with Crippen LogP contribution in [0.15, 0.2) is 36.8 Å². The quantitative estimate of drug-likeness (QED) is 0.602. The predicted molar refractivity (Wildman–Crippen MR) is 43.9 cm³/mol. The van der Waals surface area contributed by atoms with Gasteiger partial charge in [0.25, 0.3) is 0 Å². The smallest absolute Gasteiger partial charge is 0.160 e. The van der Waals surface area contributed by atoms with Gasteiger partial charge in [-0.05, 0) is 12.2 Å². The molecule has 2 nitrogen and oxygen atoms in total. The Bertz CT molecular complexity index is 172. The van der Waals surface area contributed by atoms with Gasteiger partial charge in [-0.25, -0.2) is 0 Å². The Morgan fingerprint density at radius 3 is 1.82 bits per heavy atom. The topological polar surface area (TPSA) is 18.5 Å². The molecule has 11 heavy (non-hydrogen) atoms. The number of rotatable bonds is 2. The molecule has 0 saturated heterocycles. The van der Waals surface area contributed by atoms with Gasteiger partial charge in [0.2, 0.25) is 0 Å². The summed E-state index contributed by atoms with van der Waals surface area (Å²) in [5.41, 5.74) is 0. The van der Waals surface area contributed by atoms with E-state index in [1.54, 1.807) is 12.2 Å². The second kappa shape index (κ2) is 3.86. The second-order valence-electron chi connectivity index (χ2n) is 2.19. The molecule has 1 aliphatic rings. The van der Waals surface area contributed by atoms with Gasteiger partial charge in [0.05, 0.1) is 13.2 Å². The minimum absolute atomic E-state index is 0.692. The molecule has 1 heterocycles. The SMILES string of the molecule is C=CC1=C(C=C)OCCCO1. The molecule has 0 fully saturated rings. The summed E-state index contributed by atoms with van der Waals surface area (Å²) in [7, 11) is 0. The van der Waals surface area contributed by atoms with Gasteiger partial charge in [-0.2, -0.15) is 0 Å². The first kappa shape index (κ1) is 7.92. The van der Waals surface area contributed by atoms with Crippen molar-refractivity contribution in [2.45, 2.75) is 6.42 Å². The summed E-state index contributed by atoms with van der Waals surface area (Å²) in [5, 5.41) is 0. The van der Waals surface area contributed by atoms with Gasteiger partial charge in [0.15, 0.2) is 11.5 Å². The molecule has 0 N–H and O–H groups in total. The van der Waals surface area contributed by atoms with E-state index in [1.165, 1.54) is 0 Å². The van der Waals surface area contributed by atoms with Crippen LogP contribution in [0.25, 0.3) is 0 Å². The first-order valence-corrected chi connectivity index (χ1v) is 3.63. The summed E-state index contributed by atoms with van der Waals surface area (Å²) >= 11 is 0. The third-order valence-corrected chi connectivity index (χ3v) is 1.42. The summed E-state index contributed by atoms with van der Waals surface area (Å²) in [6.07, 6.45) is 4.19. The van der Waals surface area contributed by atoms with Crippen LogP contribution in [0.1, 0.15) is 6.42 Å². The molecule has 2 heteroatoms. The van der Waals surface area contributed by atoms with Crippen LogP contribution in [0, 0.1) is 0 Å². The van der Waals surface area contributed by atoms with Crippen LogP contribution in [0.3, 0.4) is 0 Å². The van der Waals surface area contributed by atoms with Crippen molar-refractivity contribution >= 4 is 0 Å². The molecule has 0 aromatic carbocycles. The van der Waals surface area contributed by atoms with Gasteiger partial charge in [-0.1, -0.05) is 13.2 Å². The van der Waals surface area contributed by atoms with E-state index in [4.69, 9.17) is 9.47 Å². The van der Waals surface area contributed by atoms with Crippen molar-refractivity contribution in [2.75, 3.05) is 13.2 Å². The average molecular weight is 152 g/mol. The standard InChI is InChI=1S/C9H12O2/c1-3-8-9(4-2)11-7-5-6-10-8/h3-4H,1-2,5-7H2. The van der Waals surface area contributed by atoms with E-state index >= 15 is 0 Å². The summed E-state index contributed by atoms with van der Waals surface area (Å²) in [5.74, 6) is 1.38. The highest BCUT2D eigenvalue weighted by atomic mass is 16.5.